The number of anilines is 3. The van der Waals surface area contributed by atoms with Crippen molar-refractivity contribution in [2.45, 2.75) is 32.4 Å². The molecule has 0 aliphatic carbocycles. The molecule has 1 amide bonds. The van der Waals surface area contributed by atoms with E-state index in [0.717, 1.165) is 34.1 Å². The van der Waals surface area contributed by atoms with Gasteiger partial charge in [-0.1, -0.05) is 17.7 Å². The summed E-state index contributed by atoms with van der Waals surface area (Å²) in [5.41, 5.74) is 4.13. The van der Waals surface area contributed by atoms with Gasteiger partial charge in [-0.3, -0.25) is 4.79 Å². The lowest BCUT2D eigenvalue weighted by Gasteiger charge is -2.39. The first kappa shape index (κ1) is 16.7. The van der Waals surface area contributed by atoms with Crippen molar-refractivity contribution >= 4 is 34.6 Å². The highest BCUT2D eigenvalue weighted by molar-refractivity contribution is 6.30. The van der Waals surface area contributed by atoms with Crippen LogP contribution in [0.15, 0.2) is 42.5 Å². The molecule has 0 spiro atoms. The topological polar surface area (TPSA) is 44.4 Å². The first-order valence-electron chi connectivity index (χ1n) is 8.13. The van der Waals surface area contributed by atoms with E-state index in [-0.39, 0.29) is 18.0 Å². The maximum absolute atomic E-state index is 12.1. The highest BCUT2D eigenvalue weighted by Gasteiger charge is 2.32. The number of fused-ring (bicyclic) bond motifs is 1. The van der Waals surface area contributed by atoms with Crippen LogP contribution in [0.4, 0.5) is 17.1 Å². The maximum Gasteiger partial charge on any atom is 0.224 e. The summed E-state index contributed by atoms with van der Waals surface area (Å²) in [6.07, 6.45) is 0.855. The number of carbonyl (C=O) groups excluding carboxylic acids is 1. The van der Waals surface area contributed by atoms with Gasteiger partial charge in [-0.05, 0) is 55.3 Å². The molecule has 5 heteroatoms. The molecule has 4 nitrogen and oxygen atoms in total. The number of hydrogen-bond acceptors (Lipinski definition) is 3. The van der Waals surface area contributed by atoms with Crippen LogP contribution < -0.4 is 15.5 Å². The van der Waals surface area contributed by atoms with Crippen molar-refractivity contribution < 1.29 is 4.79 Å². The van der Waals surface area contributed by atoms with Crippen LogP contribution in [0.2, 0.25) is 5.02 Å². The van der Waals surface area contributed by atoms with Gasteiger partial charge in [0.1, 0.15) is 0 Å². The summed E-state index contributed by atoms with van der Waals surface area (Å²) in [4.78, 5) is 14.0. The minimum absolute atomic E-state index is 0.0712. The molecule has 0 bridgehead atoms. The minimum atomic E-state index is 0.0712. The summed E-state index contributed by atoms with van der Waals surface area (Å²) >= 11 is 5.97. The number of nitrogens with one attached hydrogen (secondary N) is 2. The average Bonchev–Trinajstić information content (AvgIpc) is 2.56. The van der Waals surface area contributed by atoms with Gasteiger partial charge in [0.05, 0.1) is 11.7 Å². The molecule has 0 saturated heterocycles. The van der Waals surface area contributed by atoms with Crippen molar-refractivity contribution in [1.29, 1.82) is 0 Å². The third-order valence-electron chi connectivity index (χ3n) is 4.50. The standard InChI is InChI=1S/C19H22ClN3O/c1-12-10-18(22-15-6-4-14(20)5-7-15)17-9-8-16(21-3)11-19(17)23(12)13(2)24/h4-9,11-12,18,21-22H,10H2,1-3H3. The molecule has 0 saturated carbocycles. The summed E-state index contributed by atoms with van der Waals surface area (Å²) in [6, 6.07) is 14.2. The fraction of sp³-hybridized carbons (Fsp3) is 0.316. The first-order chi connectivity index (χ1) is 11.5. The summed E-state index contributed by atoms with van der Waals surface area (Å²) in [7, 11) is 1.88. The van der Waals surface area contributed by atoms with Crippen molar-refractivity contribution in [2.24, 2.45) is 0 Å². The average molecular weight is 344 g/mol. The molecule has 0 radical (unpaired) electrons. The first-order valence-corrected chi connectivity index (χ1v) is 8.51. The third kappa shape index (κ3) is 3.20. The molecule has 3 rings (SSSR count). The third-order valence-corrected chi connectivity index (χ3v) is 4.75. The van der Waals surface area contributed by atoms with Crippen LogP contribution in [0.25, 0.3) is 0 Å². The van der Waals surface area contributed by atoms with Gasteiger partial charge in [-0.15, -0.1) is 0 Å². The summed E-state index contributed by atoms with van der Waals surface area (Å²) < 4.78 is 0. The number of benzene rings is 2. The Hall–Kier alpha value is -2.20. The van der Waals surface area contributed by atoms with Crippen LogP contribution in [0.5, 0.6) is 0 Å². The lowest BCUT2D eigenvalue weighted by Crippen LogP contribution is -2.43. The largest absolute Gasteiger partial charge is 0.388 e. The predicted octanol–water partition coefficient (Wildman–Crippen LogP) is 4.68. The predicted molar refractivity (Wildman–Crippen MR) is 101 cm³/mol. The Bertz CT molecular complexity index is 745. The Morgan fingerprint density at radius 1 is 1.17 bits per heavy atom. The van der Waals surface area contributed by atoms with E-state index in [2.05, 4.69) is 23.6 Å². The Morgan fingerprint density at radius 2 is 1.83 bits per heavy atom. The van der Waals surface area contributed by atoms with E-state index in [1.54, 1.807) is 6.92 Å². The molecule has 2 aromatic carbocycles. The zero-order valence-electron chi connectivity index (χ0n) is 14.1. The van der Waals surface area contributed by atoms with E-state index in [0.29, 0.717) is 0 Å². The van der Waals surface area contributed by atoms with Crippen molar-refractivity contribution in [3.05, 3.63) is 53.1 Å². The quantitative estimate of drug-likeness (QED) is 0.850. The second-order valence-corrected chi connectivity index (χ2v) is 6.64. The van der Waals surface area contributed by atoms with Gasteiger partial charge >= 0.3 is 0 Å². The summed E-state index contributed by atoms with van der Waals surface area (Å²) in [5.74, 6) is 0.0712. The summed E-state index contributed by atoms with van der Waals surface area (Å²) in [6.45, 7) is 3.71. The Morgan fingerprint density at radius 3 is 2.46 bits per heavy atom. The van der Waals surface area contributed by atoms with Gasteiger partial charge in [0.15, 0.2) is 0 Å². The lowest BCUT2D eigenvalue weighted by molar-refractivity contribution is -0.117. The van der Waals surface area contributed by atoms with E-state index in [9.17, 15) is 4.79 Å². The van der Waals surface area contributed by atoms with E-state index < -0.39 is 0 Å². The monoisotopic (exact) mass is 343 g/mol. The van der Waals surface area contributed by atoms with E-state index >= 15 is 0 Å². The Balaban J connectivity index is 1.98. The molecule has 1 aliphatic heterocycles. The van der Waals surface area contributed by atoms with E-state index in [4.69, 9.17) is 11.6 Å². The Labute approximate surface area is 147 Å². The maximum atomic E-state index is 12.1. The molecule has 2 aromatic rings. The molecule has 0 aromatic heterocycles. The smallest absolute Gasteiger partial charge is 0.224 e. The molecule has 2 N–H and O–H groups in total. The minimum Gasteiger partial charge on any atom is -0.388 e. The number of nitrogens with zero attached hydrogens (tertiary/aromatic N) is 1. The van der Waals surface area contributed by atoms with E-state index in [1.807, 2.05) is 48.3 Å². The van der Waals surface area contributed by atoms with Crippen molar-refractivity contribution in [2.75, 3.05) is 22.6 Å². The zero-order valence-corrected chi connectivity index (χ0v) is 14.9. The highest BCUT2D eigenvalue weighted by atomic mass is 35.5. The van der Waals surface area contributed by atoms with Crippen molar-refractivity contribution in [3.8, 4) is 0 Å². The molecule has 1 aliphatic rings. The fourth-order valence-corrected chi connectivity index (χ4v) is 3.50. The fourth-order valence-electron chi connectivity index (χ4n) is 3.38. The molecule has 2 atom stereocenters. The number of halogens is 1. The molecular weight excluding hydrogens is 322 g/mol. The molecular formula is C19H22ClN3O. The zero-order chi connectivity index (χ0) is 17.3. The second kappa shape index (κ2) is 6.73. The SMILES string of the molecule is CNc1ccc2c(c1)N(C(C)=O)C(C)CC2Nc1ccc(Cl)cc1. The van der Waals surface area contributed by atoms with Gasteiger partial charge in [-0.25, -0.2) is 0 Å². The van der Waals surface area contributed by atoms with Crippen molar-refractivity contribution in [3.63, 3.8) is 0 Å². The molecule has 2 unspecified atom stereocenters. The van der Waals surface area contributed by atoms with Crippen LogP contribution in [-0.2, 0) is 4.79 Å². The van der Waals surface area contributed by atoms with Crippen LogP contribution in [-0.4, -0.2) is 19.0 Å². The van der Waals surface area contributed by atoms with Gasteiger partial charge < -0.3 is 15.5 Å². The highest BCUT2D eigenvalue weighted by Crippen LogP contribution is 2.40. The van der Waals surface area contributed by atoms with E-state index in [1.165, 1.54) is 0 Å². The molecule has 24 heavy (non-hydrogen) atoms. The number of amides is 1. The molecule has 126 valence electrons. The number of rotatable bonds is 3. The second-order valence-electron chi connectivity index (χ2n) is 6.20. The normalized spacial score (nSPS) is 19.6. The van der Waals surface area contributed by atoms with Crippen LogP contribution in [0, 0.1) is 0 Å². The van der Waals surface area contributed by atoms with Gasteiger partial charge in [-0.2, -0.15) is 0 Å². The lowest BCUT2D eigenvalue weighted by atomic mass is 9.91. The van der Waals surface area contributed by atoms with Crippen LogP contribution >= 0.6 is 11.6 Å². The molecule has 1 heterocycles. The Kier molecular flexibility index (Phi) is 4.67. The summed E-state index contributed by atoms with van der Waals surface area (Å²) in [5, 5.41) is 7.45. The van der Waals surface area contributed by atoms with Crippen molar-refractivity contribution in [1.82, 2.24) is 0 Å². The number of hydrogen-bond donors (Lipinski definition) is 2. The van der Waals surface area contributed by atoms with Gasteiger partial charge in [0.2, 0.25) is 5.91 Å². The number of carbonyl (C=O) groups is 1. The van der Waals surface area contributed by atoms with Gasteiger partial charge in [0, 0.05) is 36.4 Å². The van der Waals surface area contributed by atoms with Gasteiger partial charge in [0.25, 0.3) is 0 Å². The molecule has 0 fully saturated rings. The van der Waals surface area contributed by atoms with Crippen LogP contribution in [0.3, 0.4) is 0 Å². The van der Waals surface area contributed by atoms with Crippen LogP contribution in [0.1, 0.15) is 31.9 Å².